The molecule has 14 heavy (non-hydrogen) atoms. The zero-order valence-corrected chi connectivity index (χ0v) is 7.07. The number of carbonyl (C=O) groups is 1. The molecule has 0 spiro atoms. The van der Waals surface area contributed by atoms with Gasteiger partial charge in [-0.15, -0.1) is 0 Å². The molecule has 7 heteroatoms. The molecule has 7 nitrogen and oxygen atoms in total. The van der Waals surface area contributed by atoms with Crippen molar-refractivity contribution in [2.24, 2.45) is 0 Å². The highest BCUT2D eigenvalue weighted by atomic mass is 16.7. The normalized spacial score (nSPS) is 9.71. The molecule has 0 aliphatic rings. The lowest BCUT2D eigenvalue weighted by atomic mass is 10.2. The number of ether oxygens (including phenoxy) is 1. The molecule has 1 rings (SSSR count). The van der Waals surface area contributed by atoms with E-state index in [0.717, 1.165) is 0 Å². The molecule has 3 N–H and O–H groups in total. The Hall–Kier alpha value is -2.05. The van der Waals surface area contributed by atoms with Gasteiger partial charge in [0.05, 0.1) is 6.61 Å². The Morgan fingerprint density at radius 3 is 2.79 bits per heavy atom. The van der Waals surface area contributed by atoms with Gasteiger partial charge < -0.3 is 14.8 Å². The predicted molar refractivity (Wildman–Crippen MR) is 45.4 cm³/mol. The van der Waals surface area contributed by atoms with Crippen molar-refractivity contribution < 1.29 is 14.6 Å². The first-order valence-corrected chi connectivity index (χ1v) is 3.76. The van der Waals surface area contributed by atoms with Crippen molar-refractivity contribution in [2.45, 2.75) is 6.42 Å². The van der Waals surface area contributed by atoms with E-state index in [1.54, 1.807) is 0 Å². The Balaban J connectivity index is 2.64. The van der Waals surface area contributed by atoms with E-state index in [4.69, 9.17) is 5.11 Å². The fourth-order valence-electron chi connectivity index (χ4n) is 0.872. The fourth-order valence-corrected chi connectivity index (χ4v) is 0.872. The van der Waals surface area contributed by atoms with Crippen molar-refractivity contribution in [3.05, 3.63) is 32.6 Å². The maximum Gasteiger partial charge on any atom is 0.505 e. The number of hydrogen-bond donors (Lipinski definition) is 3. The summed E-state index contributed by atoms with van der Waals surface area (Å²) >= 11 is 0. The molecule has 0 atom stereocenters. The van der Waals surface area contributed by atoms with Gasteiger partial charge in [0.15, 0.2) is 0 Å². The minimum atomic E-state index is -1.40. The Morgan fingerprint density at radius 1 is 1.50 bits per heavy atom. The number of aromatic nitrogens is 2. The molecule has 0 saturated carbocycles. The minimum absolute atomic E-state index is 0.121. The van der Waals surface area contributed by atoms with Crippen LogP contribution in [0, 0.1) is 0 Å². The predicted octanol–water partition coefficient (Wildman–Crippen LogP) is -0.700. The quantitative estimate of drug-likeness (QED) is 0.558. The smallest absolute Gasteiger partial charge is 0.450 e. The van der Waals surface area contributed by atoms with Crippen molar-refractivity contribution in [1.29, 1.82) is 0 Å². The van der Waals surface area contributed by atoms with Crippen molar-refractivity contribution >= 4 is 6.16 Å². The van der Waals surface area contributed by atoms with Crippen LogP contribution in [0.3, 0.4) is 0 Å². The monoisotopic (exact) mass is 200 g/mol. The van der Waals surface area contributed by atoms with Gasteiger partial charge in [0.1, 0.15) is 0 Å². The number of nitrogens with one attached hydrogen (secondary N) is 2. The first-order chi connectivity index (χ1) is 6.59. The van der Waals surface area contributed by atoms with Gasteiger partial charge in [0.2, 0.25) is 0 Å². The summed E-state index contributed by atoms with van der Waals surface area (Å²) in [4.78, 5) is 35.9. The largest absolute Gasteiger partial charge is 0.505 e. The SMILES string of the molecule is O=C(O)OCCc1c[nH]c(=O)[nH]c1=O. The van der Waals surface area contributed by atoms with Crippen LogP contribution in [-0.4, -0.2) is 27.8 Å². The number of carboxylic acid groups (broad SMARTS) is 1. The molecule has 0 fully saturated rings. The van der Waals surface area contributed by atoms with Crippen molar-refractivity contribution in [3.63, 3.8) is 0 Å². The molecule has 1 heterocycles. The van der Waals surface area contributed by atoms with Crippen molar-refractivity contribution in [2.75, 3.05) is 6.61 Å². The molecule has 0 unspecified atom stereocenters. The van der Waals surface area contributed by atoms with Crippen LogP contribution in [0.2, 0.25) is 0 Å². The molecular weight excluding hydrogens is 192 g/mol. The first kappa shape index (κ1) is 10.0. The molecule has 0 aliphatic carbocycles. The van der Waals surface area contributed by atoms with E-state index in [-0.39, 0.29) is 18.6 Å². The van der Waals surface area contributed by atoms with Crippen LogP contribution in [-0.2, 0) is 11.2 Å². The highest BCUT2D eigenvalue weighted by Gasteiger charge is 2.02. The van der Waals surface area contributed by atoms with Gasteiger partial charge in [0, 0.05) is 18.2 Å². The van der Waals surface area contributed by atoms with Gasteiger partial charge in [-0.05, 0) is 0 Å². The van der Waals surface area contributed by atoms with E-state index in [1.165, 1.54) is 6.20 Å². The molecule has 0 aliphatic heterocycles. The van der Waals surface area contributed by atoms with E-state index in [1.807, 2.05) is 4.98 Å². The van der Waals surface area contributed by atoms with E-state index in [2.05, 4.69) is 9.72 Å². The second-order valence-electron chi connectivity index (χ2n) is 2.46. The van der Waals surface area contributed by atoms with Gasteiger partial charge in [-0.1, -0.05) is 0 Å². The molecule has 0 saturated heterocycles. The second kappa shape index (κ2) is 4.26. The average molecular weight is 200 g/mol. The Kier molecular flexibility index (Phi) is 3.05. The lowest BCUT2D eigenvalue weighted by molar-refractivity contribution is 0.0926. The summed E-state index contributed by atoms with van der Waals surface area (Å²) in [5, 5.41) is 8.14. The van der Waals surface area contributed by atoms with Gasteiger partial charge in [-0.2, -0.15) is 0 Å². The lowest BCUT2D eigenvalue weighted by Crippen LogP contribution is -2.25. The third-order valence-corrected chi connectivity index (χ3v) is 1.49. The molecule has 0 amide bonds. The zero-order chi connectivity index (χ0) is 10.6. The lowest BCUT2D eigenvalue weighted by Gasteiger charge is -1.98. The summed E-state index contributed by atoms with van der Waals surface area (Å²) < 4.78 is 4.20. The topological polar surface area (TPSA) is 112 Å². The minimum Gasteiger partial charge on any atom is -0.450 e. The Bertz CT molecular complexity index is 432. The third-order valence-electron chi connectivity index (χ3n) is 1.49. The summed E-state index contributed by atoms with van der Waals surface area (Å²) in [6.45, 7) is -0.121. The van der Waals surface area contributed by atoms with E-state index < -0.39 is 17.4 Å². The zero-order valence-electron chi connectivity index (χ0n) is 7.07. The van der Waals surface area contributed by atoms with Crippen LogP contribution in [0.25, 0.3) is 0 Å². The van der Waals surface area contributed by atoms with E-state index in [9.17, 15) is 14.4 Å². The van der Waals surface area contributed by atoms with Crippen molar-refractivity contribution in [1.82, 2.24) is 9.97 Å². The van der Waals surface area contributed by atoms with Crippen LogP contribution in [0.15, 0.2) is 15.8 Å². The standard InChI is InChI=1S/C7H8N2O5/c10-5-4(1-2-14-7(12)13)3-8-6(11)9-5/h3H,1-2H2,(H,12,13)(H2,8,9,10,11). The summed E-state index contributed by atoms with van der Waals surface area (Å²) in [6, 6.07) is 0. The van der Waals surface area contributed by atoms with Crippen LogP contribution in [0.1, 0.15) is 5.56 Å². The number of rotatable bonds is 3. The maximum absolute atomic E-state index is 11.0. The van der Waals surface area contributed by atoms with Crippen LogP contribution < -0.4 is 11.2 Å². The highest BCUT2D eigenvalue weighted by Crippen LogP contribution is 1.88. The highest BCUT2D eigenvalue weighted by molar-refractivity contribution is 5.56. The molecule has 0 aromatic carbocycles. The number of H-pyrrole nitrogens is 2. The van der Waals surface area contributed by atoms with Crippen LogP contribution in [0.5, 0.6) is 0 Å². The second-order valence-corrected chi connectivity index (χ2v) is 2.46. The molecule has 1 aromatic rings. The van der Waals surface area contributed by atoms with Gasteiger partial charge in [-0.3, -0.25) is 9.78 Å². The third kappa shape index (κ3) is 2.77. The summed E-state index contributed by atoms with van der Waals surface area (Å²) in [6.07, 6.45) is -0.0454. The molecule has 76 valence electrons. The van der Waals surface area contributed by atoms with Crippen molar-refractivity contribution in [3.8, 4) is 0 Å². The van der Waals surface area contributed by atoms with E-state index in [0.29, 0.717) is 0 Å². The van der Waals surface area contributed by atoms with E-state index >= 15 is 0 Å². The van der Waals surface area contributed by atoms with Gasteiger partial charge >= 0.3 is 11.8 Å². The fraction of sp³-hybridized carbons (Fsp3) is 0.286. The van der Waals surface area contributed by atoms with Crippen LogP contribution in [0.4, 0.5) is 4.79 Å². The molecule has 0 radical (unpaired) electrons. The summed E-state index contributed by atoms with van der Waals surface area (Å²) in [7, 11) is 0. The summed E-state index contributed by atoms with van der Waals surface area (Å²) in [5.74, 6) is 0. The number of aromatic amines is 2. The van der Waals surface area contributed by atoms with Gasteiger partial charge in [0.25, 0.3) is 5.56 Å². The molecule has 1 aromatic heterocycles. The maximum atomic E-state index is 11.0. The Labute approximate surface area is 77.4 Å². The molecule has 0 bridgehead atoms. The average Bonchev–Trinajstić information content (AvgIpc) is 2.08. The number of hydrogen-bond acceptors (Lipinski definition) is 4. The molecular formula is C7H8N2O5. The first-order valence-electron chi connectivity index (χ1n) is 3.76. The Morgan fingerprint density at radius 2 is 2.21 bits per heavy atom. The summed E-state index contributed by atoms with van der Waals surface area (Å²) in [5.41, 5.74) is -0.869. The van der Waals surface area contributed by atoms with Crippen LogP contribution >= 0.6 is 0 Å². The van der Waals surface area contributed by atoms with Gasteiger partial charge in [-0.25, -0.2) is 9.59 Å².